The van der Waals surface area contributed by atoms with E-state index >= 15 is 0 Å². The van der Waals surface area contributed by atoms with Gasteiger partial charge >= 0.3 is 0 Å². The van der Waals surface area contributed by atoms with Gasteiger partial charge in [0.25, 0.3) is 0 Å². The van der Waals surface area contributed by atoms with Gasteiger partial charge in [0, 0.05) is 46.3 Å². The van der Waals surface area contributed by atoms with Crippen LogP contribution >= 0.6 is 11.6 Å². The number of Topliss-reactive ketones (excluding diaryl/α,β-unsaturated/α-hetero) is 2. The zero-order chi connectivity index (χ0) is 26.0. The van der Waals surface area contributed by atoms with Crippen molar-refractivity contribution in [2.75, 3.05) is 0 Å². The molecule has 0 unspecified atom stereocenters. The zero-order valence-electron chi connectivity index (χ0n) is 20.9. The summed E-state index contributed by atoms with van der Waals surface area (Å²) in [6, 6.07) is 12.9. The smallest absolute Gasteiger partial charge is 0.206 e. The van der Waals surface area contributed by atoms with Gasteiger partial charge in [-0.25, -0.2) is 8.42 Å². The highest BCUT2D eigenvalue weighted by atomic mass is 35.5. The molecular weight excluding hydrogens is 494 g/mol. The fourth-order valence-corrected chi connectivity index (χ4v) is 7.69. The molecule has 0 bridgehead atoms. The van der Waals surface area contributed by atoms with E-state index in [-0.39, 0.29) is 37.2 Å². The summed E-state index contributed by atoms with van der Waals surface area (Å²) in [6.07, 6.45) is 1.95. The number of rotatable bonds is 3. The average Bonchev–Trinajstić information content (AvgIpc) is 2.76. The van der Waals surface area contributed by atoms with Crippen LogP contribution in [0.3, 0.4) is 0 Å². The topological polar surface area (TPSA) is 80.3 Å². The van der Waals surface area contributed by atoms with Crippen molar-refractivity contribution >= 4 is 33.0 Å². The van der Waals surface area contributed by atoms with Crippen molar-refractivity contribution in [2.45, 2.75) is 69.1 Å². The molecule has 0 fully saturated rings. The van der Waals surface area contributed by atoms with Gasteiger partial charge in [0.1, 0.15) is 0 Å². The molecule has 5 nitrogen and oxygen atoms in total. The summed E-state index contributed by atoms with van der Waals surface area (Å²) in [4.78, 5) is 27.4. The van der Waals surface area contributed by atoms with Crippen LogP contribution in [-0.4, -0.2) is 20.0 Å². The lowest BCUT2D eigenvalue weighted by molar-refractivity contribution is -0.119. The first-order valence-electron chi connectivity index (χ1n) is 12.2. The Labute approximate surface area is 217 Å². The van der Waals surface area contributed by atoms with Gasteiger partial charge in [-0.3, -0.25) is 9.59 Å². The van der Waals surface area contributed by atoms with Gasteiger partial charge in [0.2, 0.25) is 9.84 Å². The number of hydrogen-bond acceptors (Lipinski definition) is 5. The van der Waals surface area contributed by atoms with Crippen molar-refractivity contribution in [3.05, 3.63) is 81.7 Å². The third-order valence-electron chi connectivity index (χ3n) is 7.35. The number of ketones is 2. The summed E-state index contributed by atoms with van der Waals surface area (Å²) in [5.74, 6) is -0.865. The van der Waals surface area contributed by atoms with Crippen LogP contribution in [-0.2, 0) is 19.4 Å². The van der Waals surface area contributed by atoms with Crippen LogP contribution in [0.4, 0.5) is 0 Å². The molecule has 188 valence electrons. The Morgan fingerprint density at radius 2 is 1.33 bits per heavy atom. The fourth-order valence-electron chi connectivity index (χ4n) is 5.91. The lowest BCUT2D eigenvalue weighted by Crippen LogP contribution is -2.42. The normalized spacial score (nSPS) is 21.7. The standard InChI is InChI=1S/C29H30ClNO4S/c1-28(2)13-20-26(22(32)15-28)25(27-21(31-20)14-29(3,4)16-23(27)33)19-11-10-17(30)12-24(19)36(34,35)18-8-6-5-7-9-18/h5-12,25,31H,13-16H2,1-4H3. The quantitative estimate of drug-likeness (QED) is 0.522. The number of halogens is 1. The zero-order valence-corrected chi connectivity index (χ0v) is 22.5. The highest BCUT2D eigenvalue weighted by Gasteiger charge is 2.47. The van der Waals surface area contributed by atoms with Gasteiger partial charge in [0.15, 0.2) is 11.6 Å². The van der Waals surface area contributed by atoms with Crippen molar-refractivity contribution in [3.8, 4) is 0 Å². The number of hydrogen-bond donors (Lipinski definition) is 1. The fraction of sp³-hybridized carbons (Fsp3) is 0.379. The molecule has 0 aromatic heterocycles. The Hall–Kier alpha value is -2.70. The Kier molecular flexibility index (Phi) is 5.84. The second kappa shape index (κ2) is 8.42. The number of allylic oxidation sites excluding steroid dienone is 4. The largest absolute Gasteiger partial charge is 0.362 e. The van der Waals surface area contributed by atoms with Gasteiger partial charge in [-0.05, 0) is 53.5 Å². The highest BCUT2D eigenvalue weighted by Crippen LogP contribution is 2.52. The minimum Gasteiger partial charge on any atom is -0.362 e. The van der Waals surface area contributed by atoms with E-state index < -0.39 is 15.8 Å². The summed E-state index contributed by atoms with van der Waals surface area (Å²) in [7, 11) is -3.97. The molecule has 0 spiro atoms. The SMILES string of the molecule is CC1(C)CC(=O)C2=C(C1)NC1=C(C(=O)CC(C)(C)C1)C2c1ccc(Cl)cc1S(=O)(=O)c1ccccc1. The van der Waals surface area contributed by atoms with Gasteiger partial charge < -0.3 is 5.32 Å². The lowest BCUT2D eigenvalue weighted by atomic mass is 9.64. The van der Waals surface area contributed by atoms with Crippen LogP contribution < -0.4 is 5.32 Å². The molecule has 2 aliphatic carbocycles. The number of nitrogens with one attached hydrogen (secondary N) is 1. The molecule has 1 aliphatic heterocycles. The molecule has 1 heterocycles. The van der Waals surface area contributed by atoms with Crippen molar-refractivity contribution in [3.63, 3.8) is 0 Å². The maximum Gasteiger partial charge on any atom is 0.206 e. The van der Waals surface area contributed by atoms with Crippen molar-refractivity contribution in [2.24, 2.45) is 10.8 Å². The van der Waals surface area contributed by atoms with Crippen LogP contribution in [0.1, 0.15) is 64.9 Å². The van der Waals surface area contributed by atoms with Crippen molar-refractivity contribution in [1.82, 2.24) is 5.32 Å². The summed E-state index contributed by atoms with van der Waals surface area (Å²) in [6.45, 7) is 8.22. The first kappa shape index (κ1) is 25.0. The minimum atomic E-state index is -3.97. The van der Waals surface area contributed by atoms with E-state index in [1.54, 1.807) is 42.5 Å². The molecule has 7 heteroatoms. The summed E-state index contributed by atoms with van der Waals surface area (Å²) >= 11 is 6.32. The summed E-state index contributed by atoms with van der Waals surface area (Å²) in [5.41, 5.74) is 2.55. The second-order valence-electron chi connectivity index (χ2n) is 11.7. The molecule has 1 N–H and O–H groups in total. The molecule has 0 amide bonds. The van der Waals surface area contributed by atoms with E-state index in [1.807, 2.05) is 0 Å². The Balaban J connectivity index is 1.79. The number of benzene rings is 2. The minimum absolute atomic E-state index is 0.0297. The third kappa shape index (κ3) is 4.24. The van der Waals surface area contributed by atoms with Crippen LogP contribution in [0.25, 0.3) is 0 Å². The molecule has 2 aromatic rings. The lowest BCUT2D eigenvalue weighted by Gasteiger charge is -2.44. The monoisotopic (exact) mass is 523 g/mol. The molecular formula is C29H30ClNO4S. The number of carbonyl (C=O) groups excluding carboxylic acids is 2. The Morgan fingerprint density at radius 3 is 1.86 bits per heavy atom. The maximum absolute atomic E-state index is 13.9. The molecule has 0 saturated carbocycles. The van der Waals surface area contributed by atoms with Crippen molar-refractivity contribution in [1.29, 1.82) is 0 Å². The second-order valence-corrected chi connectivity index (χ2v) is 14.1. The summed E-state index contributed by atoms with van der Waals surface area (Å²) < 4.78 is 27.7. The van der Waals surface area contributed by atoms with Crippen LogP contribution in [0.2, 0.25) is 5.02 Å². The van der Waals surface area contributed by atoms with Gasteiger partial charge in [-0.15, -0.1) is 0 Å². The predicted molar refractivity (Wildman–Crippen MR) is 139 cm³/mol. The van der Waals surface area contributed by atoms with Crippen LogP contribution in [0.5, 0.6) is 0 Å². The van der Waals surface area contributed by atoms with Crippen LogP contribution in [0, 0.1) is 10.8 Å². The molecule has 5 rings (SSSR count). The van der Waals surface area contributed by atoms with Crippen molar-refractivity contribution < 1.29 is 18.0 Å². The van der Waals surface area contributed by atoms with E-state index in [0.717, 1.165) is 11.4 Å². The maximum atomic E-state index is 13.9. The summed E-state index contributed by atoms with van der Waals surface area (Å²) in [5, 5.41) is 3.75. The Bertz CT molecular complexity index is 1410. The molecule has 36 heavy (non-hydrogen) atoms. The molecule has 3 aliphatic rings. The Morgan fingerprint density at radius 1 is 0.806 bits per heavy atom. The van der Waals surface area contributed by atoms with E-state index in [1.165, 1.54) is 6.07 Å². The van der Waals surface area contributed by atoms with Gasteiger partial charge in [0.05, 0.1) is 9.79 Å². The van der Waals surface area contributed by atoms with E-state index in [9.17, 15) is 18.0 Å². The molecule has 0 radical (unpaired) electrons. The van der Waals surface area contributed by atoms with Gasteiger partial charge in [-0.1, -0.05) is 63.6 Å². The number of dihydropyridines is 1. The average molecular weight is 524 g/mol. The number of sulfone groups is 1. The third-order valence-corrected chi connectivity index (χ3v) is 9.41. The van der Waals surface area contributed by atoms with Gasteiger partial charge in [-0.2, -0.15) is 0 Å². The highest BCUT2D eigenvalue weighted by molar-refractivity contribution is 7.91. The number of carbonyl (C=O) groups is 2. The molecule has 2 aromatic carbocycles. The predicted octanol–water partition coefficient (Wildman–Crippen LogP) is 6.15. The first-order valence-corrected chi connectivity index (χ1v) is 14.0. The van der Waals surface area contributed by atoms with Crippen LogP contribution in [0.15, 0.2) is 80.9 Å². The van der Waals surface area contributed by atoms with E-state index in [4.69, 9.17) is 11.6 Å². The first-order chi connectivity index (χ1) is 16.8. The van der Waals surface area contributed by atoms with E-state index in [0.29, 0.717) is 42.4 Å². The van der Waals surface area contributed by atoms with E-state index in [2.05, 4.69) is 33.0 Å². The molecule has 0 atom stereocenters. The molecule has 0 saturated heterocycles.